The summed E-state index contributed by atoms with van der Waals surface area (Å²) in [7, 11) is 1.55. The van der Waals surface area contributed by atoms with Gasteiger partial charge in [0.25, 0.3) is 0 Å². The number of likely N-dealkylation sites (tertiary alicyclic amines) is 1. The Morgan fingerprint density at radius 3 is 2.90 bits per heavy atom. The summed E-state index contributed by atoms with van der Waals surface area (Å²) in [5.41, 5.74) is 1.24. The Bertz CT molecular complexity index is 1060. The number of carbonyl (C=O) groups excluding carboxylic acids is 1. The first kappa shape index (κ1) is 21.3. The Kier molecular flexibility index (Phi) is 6.48. The third-order valence-electron chi connectivity index (χ3n) is 5.23. The zero-order chi connectivity index (χ0) is 21.8. The second-order valence-corrected chi connectivity index (χ2v) is 7.86. The normalized spacial score (nSPS) is 16.8. The quantitative estimate of drug-likeness (QED) is 0.607. The lowest BCUT2D eigenvalue weighted by Crippen LogP contribution is -2.40. The molecular weight excluding hydrogens is 423 g/mol. The molecule has 7 nitrogen and oxygen atoms in total. The fourth-order valence-corrected chi connectivity index (χ4v) is 3.82. The minimum absolute atomic E-state index is 0.0807. The topological polar surface area (TPSA) is 80.5 Å². The lowest BCUT2D eigenvalue weighted by molar-refractivity contribution is -0.121. The van der Waals surface area contributed by atoms with E-state index >= 15 is 0 Å². The predicted molar refractivity (Wildman–Crippen MR) is 114 cm³/mol. The average molecular weight is 445 g/mol. The van der Waals surface area contributed by atoms with E-state index in [-0.39, 0.29) is 17.6 Å². The number of methoxy groups -OCH3 is 1. The molecule has 1 aliphatic heterocycles. The molecule has 1 aromatic heterocycles. The second kappa shape index (κ2) is 9.45. The SMILES string of the molecule is COc1ccc(Cl)cc1NC(=O)C1CCCN(Cc2nc(-c3ccc(F)cc3)no2)C1. The molecule has 0 radical (unpaired) electrons. The molecule has 0 bridgehead atoms. The molecule has 4 rings (SSSR count). The zero-order valence-corrected chi connectivity index (χ0v) is 17.7. The number of benzene rings is 2. The number of ether oxygens (including phenoxy) is 1. The Morgan fingerprint density at radius 1 is 1.32 bits per heavy atom. The van der Waals surface area contributed by atoms with Crippen LogP contribution < -0.4 is 10.1 Å². The summed E-state index contributed by atoms with van der Waals surface area (Å²) in [6.45, 7) is 1.85. The molecule has 31 heavy (non-hydrogen) atoms. The van der Waals surface area contributed by atoms with Crippen LogP contribution in [0.2, 0.25) is 5.02 Å². The van der Waals surface area contributed by atoms with Gasteiger partial charge in [0, 0.05) is 17.1 Å². The van der Waals surface area contributed by atoms with Gasteiger partial charge in [-0.05, 0) is 61.9 Å². The van der Waals surface area contributed by atoms with Crippen LogP contribution in [0.4, 0.5) is 10.1 Å². The number of carbonyl (C=O) groups is 1. The summed E-state index contributed by atoms with van der Waals surface area (Å²) < 4.78 is 23.8. The van der Waals surface area contributed by atoms with Crippen LogP contribution in [0, 0.1) is 11.7 Å². The minimum Gasteiger partial charge on any atom is -0.495 e. The van der Waals surface area contributed by atoms with Crippen molar-refractivity contribution in [1.82, 2.24) is 15.0 Å². The highest BCUT2D eigenvalue weighted by atomic mass is 35.5. The fourth-order valence-electron chi connectivity index (χ4n) is 3.65. The van der Waals surface area contributed by atoms with E-state index in [1.165, 1.54) is 12.1 Å². The van der Waals surface area contributed by atoms with Crippen molar-refractivity contribution in [1.29, 1.82) is 0 Å². The summed E-state index contributed by atoms with van der Waals surface area (Å²) in [5, 5.41) is 7.43. The molecule has 2 aromatic carbocycles. The highest BCUT2D eigenvalue weighted by Gasteiger charge is 2.27. The van der Waals surface area contributed by atoms with Gasteiger partial charge in [0.1, 0.15) is 11.6 Å². The molecule has 3 aromatic rings. The Balaban J connectivity index is 1.38. The van der Waals surface area contributed by atoms with E-state index in [1.54, 1.807) is 37.4 Å². The second-order valence-electron chi connectivity index (χ2n) is 7.43. The molecule has 1 fully saturated rings. The fraction of sp³-hybridized carbons (Fsp3) is 0.318. The van der Waals surface area contributed by atoms with E-state index in [0.29, 0.717) is 46.8 Å². The Labute approximate surface area is 184 Å². The monoisotopic (exact) mass is 444 g/mol. The molecule has 1 amide bonds. The van der Waals surface area contributed by atoms with Crippen LogP contribution in [0.5, 0.6) is 5.75 Å². The van der Waals surface area contributed by atoms with Crippen LogP contribution in [0.25, 0.3) is 11.4 Å². The van der Waals surface area contributed by atoms with Gasteiger partial charge < -0.3 is 14.6 Å². The summed E-state index contributed by atoms with van der Waals surface area (Å²) in [6, 6.07) is 11.0. The predicted octanol–water partition coefficient (Wildman–Crippen LogP) is 4.39. The first-order valence-electron chi connectivity index (χ1n) is 9.97. The van der Waals surface area contributed by atoms with Crippen molar-refractivity contribution < 1.29 is 18.4 Å². The van der Waals surface area contributed by atoms with Crippen LogP contribution in [0.15, 0.2) is 47.0 Å². The maximum absolute atomic E-state index is 13.1. The van der Waals surface area contributed by atoms with Crippen molar-refractivity contribution in [2.75, 3.05) is 25.5 Å². The third kappa shape index (κ3) is 5.21. The van der Waals surface area contributed by atoms with E-state index in [4.69, 9.17) is 20.9 Å². The van der Waals surface area contributed by atoms with Crippen molar-refractivity contribution in [2.45, 2.75) is 19.4 Å². The highest BCUT2D eigenvalue weighted by Crippen LogP contribution is 2.29. The maximum atomic E-state index is 13.1. The van der Waals surface area contributed by atoms with Crippen molar-refractivity contribution in [3.8, 4) is 17.1 Å². The molecule has 1 N–H and O–H groups in total. The van der Waals surface area contributed by atoms with Gasteiger partial charge in [0.15, 0.2) is 0 Å². The number of aromatic nitrogens is 2. The van der Waals surface area contributed by atoms with Gasteiger partial charge in [-0.15, -0.1) is 0 Å². The number of nitrogens with one attached hydrogen (secondary N) is 1. The summed E-state index contributed by atoms with van der Waals surface area (Å²) in [6.07, 6.45) is 1.67. The third-order valence-corrected chi connectivity index (χ3v) is 5.46. The van der Waals surface area contributed by atoms with Crippen molar-refractivity contribution >= 4 is 23.2 Å². The minimum atomic E-state index is -0.319. The molecule has 1 saturated heterocycles. The first-order chi connectivity index (χ1) is 15.0. The van der Waals surface area contributed by atoms with Crippen LogP contribution in [0.3, 0.4) is 0 Å². The van der Waals surface area contributed by atoms with Gasteiger partial charge in [-0.2, -0.15) is 4.98 Å². The van der Waals surface area contributed by atoms with Crippen LogP contribution in [-0.2, 0) is 11.3 Å². The van der Waals surface area contributed by atoms with Crippen LogP contribution >= 0.6 is 11.6 Å². The van der Waals surface area contributed by atoms with E-state index in [9.17, 15) is 9.18 Å². The lowest BCUT2D eigenvalue weighted by atomic mass is 9.97. The Hall–Kier alpha value is -2.97. The maximum Gasteiger partial charge on any atom is 0.241 e. The number of amides is 1. The lowest BCUT2D eigenvalue weighted by Gasteiger charge is -2.31. The molecule has 2 heterocycles. The molecule has 0 spiro atoms. The van der Waals surface area contributed by atoms with Gasteiger partial charge in [0.2, 0.25) is 17.6 Å². The first-order valence-corrected chi connectivity index (χ1v) is 10.3. The van der Waals surface area contributed by atoms with E-state index in [1.807, 2.05) is 0 Å². The molecule has 9 heteroatoms. The summed E-state index contributed by atoms with van der Waals surface area (Å²) in [5.74, 6) is 0.844. The molecule has 1 unspecified atom stereocenters. The molecule has 1 atom stereocenters. The molecular formula is C22H22ClFN4O3. The molecule has 0 saturated carbocycles. The largest absolute Gasteiger partial charge is 0.495 e. The van der Waals surface area contributed by atoms with Gasteiger partial charge in [-0.25, -0.2) is 4.39 Å². The number of hydrogen-bond acceptors (Lipinski definition) is 6. The van der Waals surface area contributed by atoms with Gasteiger partial charge in [0.05, 0.1) is 25.3 Å². The average Bonchev–Trinajstić information content (AvgIpc) is 3.23. The molecule has 162 valence electrons. The summed E-state index contributed by atoms with van der Waals surface area (Å²) in [4.78, 5) is 19.4. The van der Waals surface area contributed by atoms with Crippen LogP contribution in [-0.4, -0.2) is 41.1 Å². The Morgan fingerprint density at radius 2 is 2.13 bits per heavy atom. The van der Waals surface area contributed by atoms with E-state index in [0.717, 1.165) is 19.4 Å². The standard InChI is InChI=1S/C22H22ClFN4O3/c1-30-19-9-6-16(23)11-18(19)25-22(29)15-3-2-10-28(12-15)13-20-26-21(27-31-20)14-4-7-17(24)8-5-14/h4-9,11,15H,2-3,10,12-13H2,1H3,(H,25,29). The highest BCUT2D eigenvalue weighted by molar-refractivity contribution is 6.31. The number of nitrogens with zero attached hydrogens (tertiary/aromatic N) is 3. The van der Waals surface area contributed by atoms with Crippen molar-refractivity contribution in [2.24, 2.45) is 5.92 Å². The smallest absolute Gasteiger partial charge is 0.241 e. The number of hydrogen-bond donors (Lipinski definition) is 1. The number of anilines is 1. The van der Waals surface area contributed by atoms with E-state index < -0.39 is 0 Å². The van der Waals surface area contributed by atoms with Crippen LogP contribution in [0.1, 0.15) is 18.7 Å². The van der Waals surface area contributed by atoms with Crippen molar-refractivity contribution in [3.05, 3.63) is 59.2 Å². The van der Waals surface area contributed by atoms with Gasteiger partial charge in [-0.1, -0.05) is 16.8 Å². The zero-order valence-electron chi connectivity index (χ0n) is 17.0. The number of rotatable bonds is 6. The van der Waals surface area contributed by atoms with Gasteiger partial charge >= 0.3 is 0 Å². The molecule has 0 aliphatic carbocycles. The van der Waals surface area contributed by atoms with E-state index in [2.05, 4.69) is 20.4 Å². The van der Waals surface area contributed by atoms with Crippen molar-refractivity contribution in [3.63, 3.8) is 0 Å². The van der Waals surface area contributed by atoms with Gasteiger partial charge in [-0.3, -0.25) is 9.69 Å². The number of halogens is 2. The molecule has 1 aliphatic rings. The summed E-state index contributed by atoms with van der Waals surface area (Å²) >= 11 is 6.05. The number of piperidine rings is 1.